The Labute approximate surface area is 189 Å². The number of aromatic nitrogens is 1. The third-order valence-corrected chi connectivity index (χ3v) is 6.75. The molecule has 8 heteroatoms. The van der Waals surface area contributed by atoms with Gasteiger partial charge in [0.25, 0.3) is 6.04 Å². The normalized spacial score (nSPS) is 19.5. The van der Waals surface area contributed by atoms with E-state index in [4.69, 9.17) is 4.74 Å². The zero-order valence-corrected chi connectivity index (χ0v) is 18.8. The molecule has 3 aromatic rings. The molecule has 2 aromatic heterocycles. The van der Waals surface area contributed by atoms with Crippen molar-refractivity contribution in [1.82, 2.24) is 4.98 Å². The van der Waals surface area contributed by atoms with Crippen LogP contribution in [0.25, 0.3) is 10.1 Å². The van der Waals surface area contributed by atoms with E-state index in [1.54, 1.807) is 26.2 Å². The van der Waals surface area contributed by atoms with Crippen LogP contribution in [0, 0.1) is 10.1 Å². The summed E-state index contributed by atoms with van der Waals surface area (Å²) in [5, 5.41) is 14.8. The topological polar surface area (TPSA) is 94.7 Å². The molecule has 3 atom stereocenters. The molecule has 0 radical (unpaired) electrons. The summed E-state index contributed by atoms with van der Waals surface area (Å²) in [4.78, 5) is 33.8. The van der Waals surface area contributed by atoms with Gasteiger partial charge in [-0.25, -0.2) is 4.79 Å². The highest BCUT2D eigenvalue weighted by molar-refractivity contribution is 7.17. The maximum atomic E-state index is 13.5. The summed E-state index contributed by atoms with van der Waals surface area (Å²) in [5.74, 6) is -1.38. The van der Waals surface area contributed by atoms with Crippen molar-refractivity contribution in [2.45, 2.75) is 45.3 Å². The van der Waals surface area contributed by atoms with Crippen LogP contribution < -0.4 is 0 Å². The van der Waals surface area contributed by atoms with E-state index >= 15 is 0 Å². The van der Waals surface area contributed by atoms with Gasteiger partial charge in [-0.1, -0.05) is 37.3 Å². The summed E-state index contributed by atoms with van der Waals surface area (Å²) in [6.45, 7) is 5.28. The minimum absolute atomic E-state index is 0.232. The zero-order chi connectivity index (χ0) is 22.8. The highest BCUT2D eigenvalue weighted by Crippen LogP contribution is 2.42. The van der Waals surface area contributed by atoms with Crippen molar-refractivity contribution in [3.63, 3.8) is 0 Å². The molecule has 164 valence electrons. The molecule has 32 heavy (non-hydrogen) atoms. The standard InChI is InChI=1S/C24H23N3O4S/c1-4-19(16-8-6-5-7-9-16)31-24(28)21-14(2)26-15(3)23(27(29)30)22(21)18-13-32-20-10-11-25-12-17(18)20/h5-13,19,22-23H,4H2,1-3H3. The van der Waals surface area contributed by atoms with Crippen LogP contribution >= 0.6 is 11.3 Å². The predicted molar refractivity (Wildman–Crippen MR) is 125 cm³/mol. The summed E-state index contributed by atoms with van der Waals surface area (Å²) in [7, 11) is 0. The van der Waals surface area contributed by atoms with Crippen molar-refractivity contribution < 1.29 is 14.5 Å². The predicted octanol–water partition coefficient (Wildman–Crippen LogP) is 5.47. The SMILES string of the molecule is CCC(OC(=O)C1=C(C)N=C(C)C([N+](=O)[O-])C1c1csc2ccncc12)c1ccccc1. The minimum atomic E-state index is -1.16. The number of ether oxygens (including phenoxy) is 1. The highest BCUT2D eigenvalue weighted by atomic mass is 32.1. The van der Waals surface area contributed by atoms with Crippen LogP contribution in [0.1, 0.15) is 50.3 Å². The zero-order valence-electron chi connectivity index (χ0n) is 18.0. The molecule has 0 saturated heterocycles. The van der Waals surface area contributed by atoms with E-state index in [1.165, 1.54) is 11.3 Å². The molecule has 0 saturated carbocycles. The number of esters is 1. The third kappa shape index (κ3) is 3.93. The van der Waals surface area contributed by atoms with Gasteiger partial charge < -0.3 is 4.74 Å². The number of nitrogens with zero attached hydrogens (tertiary/aromatic N) is 3. The number of benzene rings is 1. The van der Waals surface area contributed by atoms with Crippen LogP contribution in [0.5, 0.6) is 0 Å². The first-order valence-corrected chi connectivity index (χ1v) is 11.3. The second kappa shape index (κ2) is 9.00. The Morgan fingerprint density at radius 2 is 2.00 bits per heavy atom. The molecular weight excluding hydrogens is 426 g/mol. The number of aliphatic imine (C=N–C) groups is 1. The molecule has 0 bridgehead atoms. The monoisotopic (exact) mass is 449 g/mol. The van der Waals surface area contributed by atoms with Gasteiger partial charge in [-0.05, 0) is 42.8 Å². The van der Waals surface area contributed by atoms with Crippen molar-refractivity contribution >= 4 is 33.1 Å². The first-order valence-electron chi connectivity index (χ1n) is 10.4. The van der Waals surface area contributed by atoms with Gasteiger partial charge in [0.05, 0.1) is 17.2 Å². The first-order chi connectivity index (χ1) is 15.4. The van der Waals surface area contributed by atoms with Gasteiger partial charge in [-0.3, -0.25) is 20.1 Å². The number of rotatable bonds is 6. The van der Waals surface area contributed by atoms with Gasteiger partial charge in [0.15, 0.2) is 0 Å². The lowest BCUT2D eigenvalue weighted by molar-refractivity contribution is -0.505. The Kier molecular flexibility index (Phi) is 6.14. The summed E-state index contributed by atoms with van der Waals surface area (Å²) >= 11 is 1.48. The number of fused-ring (bicyclic) bond motifs is 1. The quantitative estimate of drug-likeness (QED) is 0.283. The van der Waals surface area contributed by atoms with E-state index in [2.05, 4.69) is 9.98 Å². The number of carbonyl (C=O) groups is 1. The van der Waals surface area contributed by atoms with Gasteiger partial charge in [-0.15, -0.1) is 11.3 Å². The third-order valence-electron chi connectivity index (χ3n) is 5.77. The van der Waals surface area contributed by atoms with E-state index in [0.29, 0.717) is 23.4 Å². The molecule has 1 aliphatic heterocycles. The van der Waals surface area contributed by atoms with Gasteiger partial charge in [-0.2, -0.15) is 0 Å². The Bertz CT molecular complexity index is 1230. The number of pyridine rings is 1. The smallest absolute Gasteiger partial charge is 0.337 e. The second-order valence-electron chi connectivity index (χ2n) is 7.74. The van der Waals surface area contributed by atoms with Crippen molar-refractivity contribution in [2.75, 3.05) is 0 Å². The number of allylic oxidation sites excluding steroid dienone is 1. The van der Waals surface area contributed by atoms with E-state index in [9.17, 15) is 14.9 Å². The minimum Gasteiger partial charge on any atom is -0.454 e. The Morgan fingerprint density at radius 3 is 2.69 bits per heavy atom. The molecule has 0 aliphatic carbocycles. The second-order valence-corrected chi connectivity index (χ2v) is 8.65. The largest absolute Gasteiger partial charge is 0.454 e. The molecule has 0 amide bonds. The molecule has 0 fully saturated rings. The van der Waals surface area contributed by atoms with Crippen molar-refractivity contribution in [1.29, 1.82) is 0 Å². The molecule has 0 spiro atoms. The highest BCUT2D eigenvalue weighted by Gasteiger charge is 2.46. The summed E-state index contributed by atoms with van der Waals surface area (Å²) in [6.07, 6.45) is 3.50. The van der Waals surface area contributed by atoms with Gasteiger partial charge in [0.1, 0.15) is 6.10 Å². The first kappa shape index (κ1) is 21.8. The Morgan fingerprint density at radius 1 is 1.25 bits per heavy atom. The molecule has 3 heterocycles. The van der Waals surface area contributed by atoms with Gasteiger partial charge >= 0.3 is 5.97 Å². The molecule has 7 nitrogen and oxygen atoms in total. The van der Waals surface area contributed by atoms with Crippen LogP contribution in [-0.2, 0) is 9.53 Å². The van der Waals surface area contributed by atoms with Crippen molar-refractivity contribution in [2.24, 2.45) is 4.99 Å². The number of hydrogen-bond acceptors (Lipinski definition) is 7. The van der Waals surface area contributed by atoms with E-state index in [1.807, 2.05) is 48.7 Å². The number of carbonyl (C=O) groups excluding carboxylic acids is 1. The lowest BCUT2D eigenvalue weighted by Gasteiger charge is -2.28. The molecule has 4 rings (SSSR count). The van der Waals surface area contributed by atoms with Crippen LogP contribution in [0.15, 0.2) is 70.4 Å². The van der Waals surface area contributed by atoms with E-state index in [-0.39, 0.29) is 10.5 Å². The molecule has 1 aliphatic rings. The lowest BCUT2D eigenvalue weighted by atomic mass is 9.80. The van der Waals surface area contributed by atoms with Crippen LogP contribution in [-0.4, -0.2) is 27.6 Å². The molecule has 0 N–H and O–H groups in total. The number of thiophene rings is 1. The Hall–Kier alpha value is -3.39. The van der Waals surface area contributed by atoms with Gasteiger partial charge in [0, 0.05) is 33.1 Å². The average Bonchev–Trinajstić information content (AvgIpc) is 3.21. The van der Waals surface area contributed by atoms with E-state index < -0.39 is 24.0 Å². The fourth-order valence-corrected chi connectivity index (χ4v) is 5.23. The van der Waals surface area contributed by atoms with Gasteiger partial charge in [0.2, 0.25) is 0 Å². The summed E-state index contributed by atoms with van der Waals surface area (Å²) in [6, 6.07) is 10.2. The summed E-state index contributed by atoms with van der Waals surface area (Å²) in [5.41, 5.74) is 2.63. The molecular formula is C24H23N3O4S. The number of nitro groups is 1. The van der Waals surface area contributed by atoms with E-state index in [0.717, 1.165) is 15.6 Å². The maximum Gasteiger partial charge on any atom is 0.337 e. The number of hydrogen-bond donors (Lipinski definition) is 0. The molecule has 3 unspecified atom stereocenters. The van der Waals surface area contributed by atoms with Crippen molar-refractivity contribution in [3.8, 4) is 0 Å². The molecule has 1 aromatic carbocycles. The lowest BCUT2D eigenvalue weighted by Crippen LogP contribution is -2.40. The Balaban J connectivity index is 1.80. The van der Waals surface area contributed by atoms with Crippen LogP contribution in [0.2, 0.25) is 0 Å². The maximum absolute atomic E-state index is 13.5. The summed E-state index contributed by atoms with van der Waals surface area (Å²) < 4.78 is 6.86. The van der Waals surface area contributed by atoms with Crippen molar-refractivity contribution in [3.05, 3.63) is 86.7 Å². The fourth-order valence-electron chi connectivity index (χ4n) is 4.27. The van der Waals surface area contributed by atoms with Crippen LogP contribution in [0.4, 0.5) is 0 Å². The fraction of sp³-hybridized carbons (Fsp3) is 0.292. The average molecular weight is 450 g/mol. The van der Waals surface area contributed by atoms with Crippen LogP contribution in [0.3, 0.4) is 0 Å².